The highest BCUT2D eigenvalue weighted by molar-refractivity contribution is 5.20. The lowest BCUT2D eigenvalue weighted by Crippen LogP contribution is -2.21. The standard InChI is InChI=1S/C16H22N4O/c1-2-7-14(8-3-1)21-12-6-10-17-13-16-19-18-15-9-4-5-11-20(15)16/h1-3,7-8,17H,4-6,9-13H2. The zero-order chi connectivity index (χ0) is 14.3. The molecule has 3 rings (SSSR count). The lowest BCUT2D eigenvalue weighted by Gasteiger charge is -2.14. The van der Waals surface area contributed by atoms with Crippen molar-refractivity contribution in [1.82, 2.24) is 20.1 Å². The van der Waals surface area contributed by atoms with E-state index in [0.29, 0.717) is 0 Å². The molecule has 0 saturated heterocycles. The summed E-state index contributed by atoms with van der Waals surface area (Å²) in [4.78, 5) is 0. The lowest BCUT2D eigenvalue weighted by molar-refractivity contribution is 0.307. The van der Waals surface area contributed by atoms with Crippen molar-refractivity contribution in [3.05, 3.63) is 42.0 Å². The molecule has 5 heteroatoms. The Kier molecular flexibility index (Phi) is 4.84. The first-order chi connectivity index (χ1) is 10.4. The van der Waals surface area contributed by atoms with E-state index in [1.165, 1.54) is 12.8 Å². The zero-order valence-electron chi connectivity index (χ0n) is 12.3. The summed E-state index contributed by atoms with van der Waals surface area (Å²) < 4.78 is 7.92. The number of ether oxygens (including phenoxy) is 1. The minimum atomic E-state index is 0.731. The summed E-state index contributed by atoms with van der Waals surface area (Å²) in [7, 11) is 0. The van der Waals surface area contributed by atoms with E-state index in [2.05, 4.69) is 20.1 Å². The number of nitrogens with one attached hydrogen (secondary N) is 1. The third-order valence-corrected chi connectivity index (χ3v) is 3.73. The first-order valence-electron chi connectivity index (χ1n) is 7.73. The summed E-state index contributed by atoms with van der Waals surface area (Å²) in [5, 5.41) is 12.0. The molecule has 0 atom stereocenters. The molecule has 0 aliphatic carbocycles. The Hall–Kier alpha value is -1.88. The Labute approximate surface area is 125 Å². The van der Waals surface area contributed by atoms with Gasteiger partial charge in [0, 0.05) is 13.0 Å². The van der Waals surface area contributed by atoms with Gasteiger partial charge in [0.05, 0.1) is 13.2 Å². The molecule has 0 unspecified atom stereocenters. The number of aromatic nitrogens is 3. The van der Waals surface area contributed by atoms with Crippen molar-refractivity contribution in [2.24, 2.45) is 0 Å². The predicted octanol–water partition coefficient (Wildman–Crippen LogP) is 2.17. The molecule has 0 amide bonds. The van der Waals surface area contributed by atoms with Crippen LogP contribution in [0.3, 0.4) is 0 Å². The summed E-state index contributed by atoms with van der Waals surface area (Å²) in [6.07, 6.45) is 4.53. The monoisotopic (exact) mass is 286 g/mol. The first kappa shape index (κ1) is 14.1. The maximum Gasteiger partial charge on any atom is 0.147 e. The molecule has 21 heavy (non-hydrogen) atoms. The molecule has 0 spiro atoms. The van der Waals surface area contributed by atoms with Crippen molar-refractivity contribution in [1.29, 1.82) is 0 Å². The van der Waals surface area contributed by atoms with Crippen LogP contribution in [0.4, 0.5) is 0 Å². The molecule has 112 valence electrons. The van der Waals surface area contributed by atoms with Gasteiger partial charge in [0.2, 0.25) is 0 Å². The van der Waals surface area contributed by atoms with Crippen molar-refractivity contribution in [2.45, 2.75) is 38.8 Å². The number of nitrogens with zero attached hydrogens (tertiary/aromatic N) is 3. The molecule has 0 radical (unpaired) electrons. The van der Waals surface area contributed by atoms with Gasteiger partial charge in [-0.05, 0) is 37.9 Å². The van der Waals surface area contributed by atoms with Crippen LogP contribution in [0.2, 0.25) is 0 Å². The van der Waals surface area contributed by atoms with Crippen LogP contribution in [-0.4, -0.2) is 27.9 Å². The minimum Gasteiger partial charge on any atom is -0.494 e. The van der Waals surface area contributed by atoms with Crippen molar-refractivity contribution in [2.75, 3.05) is 13.2 Å². The van der Waals surface area contributed by atoms with Gasteiger partial charge in [-0.2, -0.15) is 0 Å². The summed E-state index contributed by atoms with van der Waals surface area (Å²) in [5.74, 6) is 3.14. The van der Waals surface area contributed by atoms with Crippen LogP contribution >= 0.6 is 0 Å². The second-order valence-corrected chi connectivity index (χ2v) is 5.33. The molecule has 1 N–H and O–H groups in total. The van der Waals surface area contributed by atoms with Crippen LogP contribution in [0.1, 0.15) is 30.9 Å². The number of para-hydroxylation sites is 1. The Morgan fingerprint density at radius 2 is 2.05 bits per heavy atom. The second kappa shape index (κ2) is 7.22. The van der Waals surface area contributed by atoms with Gasteiger partial charge in [-0.15, -0.1) is 10.2 Å². The summed E-state index contributed by atoms with van der Waals surface area (Å²) in [6.45, 7) is 3.51. The van der Waals surface area contributed by atoms with Crippen LogP contribution in [0.15, 0.2) is 30.3 Å². The van der Waals surface area contributed by atoms with E-state index in [9.17, 15) is 0 Å². The van der Waals surface area contributed by atoms with Crippen molar-refractivity contribution in [3.63, 3.8) is 0 Å². The number of rotatable bonds is 7. The zero-order valence-corrected chi connectivity index (χ0v) is 12.3. The van der Waals surface area contributed by atoms with Gasteiger partial charge in [-0.1, -0.05) is 18.2 Å². The summed E-state index contributed by atoms with van der Waals surface area (Å²) in [6, 6.07) is 9.93. The Morgan fingerprint density at radius 3 is 2.95 bits per heavy atom. The number of hydrogen-bond donors (Lipinski definition) is 1. The molecule has 0 saturated carbocycles. The predicted molar refractivity (Wildman–Crippen MR) is 81.2 cm³/mol. The van der Waals surface area contributed by atoms with Gasteiger partial charge in [0.15, 0.2) is 0 Å². The van der Waals surface area contributed by atoms with Gasteiger partial charge >= 0.3 is 0 Å². The van der Waals surface area contributed by atoms with Gasteiger partial charge in [0.1, 0.15) is 17.4 Å². The molecule has 0 bridgehead atoms. The van der Waals surface area contributed by atoms with Crippen LogP contribution in [0.5, 0.6) is 5.75 Å². The molecule has 2 aromatic rings. The highest BCUT2D eigenvalue weighted by Crippen LogP contribution is 2.14. The van der Waals surface area contributed by atoms with Gasteiger partial charge in [-0.25, -0.2) is 0 Å². The smallest absolute Gasteiger partial charge is 0.147 e. The number of aryl methyl sites for hydroxylation is 1. The highest BCUT2D eigenvalue weighted by atomic mass is 16.5. The molecular formula is C16H22N4O. The molecule has 1 aliphatic heterocycles. The van der Waals surface area contributed by atoms with Crippen LogP contribution < -0.4 is 10.1 Å². The lowest BCUT2D eigenvalue weighted by atomic mass is 10.2. The number of hydrogen-bond acceptors (Lipinski definition) is 4. The topological polar surface area (TPSA) is 52.0 Å². The van der Waals surface area contributed by atoms with E-state index >= 15 is 0 Å². The van der Waals surface area contributed by atoms with Gasteiger partial charge < -0.3 is 14.6 Å². The van der Waals surface area contributed by atoms with E-state index in [1.54, 1.807) is 0 Å². The fourth-order valence-corrected chi connectivity index (χ4v) is 2.60. The average molecular weight is 286 g/mol. The Morgan fingerprint density at radius 1 is 1.14 bits per heavy atom. The largest absolute Gasteiger partial charge is 0.494 e. The number of benzene rings is 1. The molecule has 1 aromatic carbocycles. The van der Waals surface area contributed by atoms with E-state index in [0.717, 1.165) is 56.5 Å². The molecule has 2 heterocycles. The minimum absolute atomic E-state index is 0.731. The van der Waals surface area contributed by atoms with E-state index in [4.69, 9.17) is 4.74 Å². The third kappa shape index (κ3) is 3.82. The van der Waals surface area contributed by atoms with E-state index in [-0.39, 0.29) is 0 Å². The summed E-state index contributed by atoms with van der Waals surface area (Å²) >= 11 is 0. The molecule has 0 fully saturated rings. The average Bonchev–Trinajstić information content (AvgIpc) is 2.95. The summed E-state index contributed by atoms with van der Waals surface area (Å²) in [5.41, 5.74) is 0. The highest BCUT2D eigenvalue weighted by Gasteiger charge is 2.14. The first-order valence-corrected chi connectivity index (χ1v) is 7.73. The van der Waals surface area contributed by atoms with Crippen LogP contribution in [0, 0.1) is 0 Å². The molecule has 1 aromatic heterocycles. The van der Waals surface area contributed by atoms with Crippen molar-refractivity contribution >= 4 is 0 Å². The maximum atomic E-state index is 5.66. The Bertz CT molecular complexity index is 553. The fraction of sp³-hybridized carbons (Fsp3) is 0.500. The fourth-order valence-electron chi connectivity index (χ4n) is 2.60. The van der Waals surface area contributed by atoms with Gasteiger partial charge in [-0.3, -0.25) is 0 Å². The van der Waals surface area contributed by atoms with Gasteiger partial charge in [0.25, 0.3) is 0 Å². The Balaban J connectivity index is 1.34. The molecular weight excluding hydrogens is 264 g/mol. The normalized spacial score (nSPS) is 13.9. The molecule has 1 aliphatic rings. The van der Waals surface area contributed by atoms with E-state index in [1.807, 2.05) is 30.3 Å². The van der Waals surface area contributed by atoms with Crippen LogP contribution in [-0.2, 0) is 19.5 Å². The van der Waals surface area contributed by atoms with Crippen LogP contribution in [0.25, 0.3) is 0 Å². The van der Waals surface area contributed by atoms with Crippen molar-refractivity contribution < 1.29 is 4.74 Å². The van der Waals surface area contributed by atoms with Crippen molar-refractivity contribution in [3.8, 4) is 5.75 Å². The number of fused-ring (bicyclic) bond motifs is 1. The SMILES string of the molecule is c1ccc(OCCCNCc2nnc3n2CCCC3)cc1. The van der Waals surface area contributed by atoms with E-state index < -0.39 is 0 Å². The second-order valence-electron chi connectivity index (χ2n) is 5.33. The maximum absolute atomic E-state index is 5.66. The third-order valence-electron chi connectivity index (χ3n) is 3.73. The quantitative estimate of drug-likeness (QED) is 0.793. The molecule has 5 nitrogen and oxygen atoms in total.